The van der Waals surface area contributed by atoms with Gasteiger partial charge in [0.15, 0.2) is 0 Å². The van der Waals surface area contributed by atoms with Crippen LogP contribution in [0.25, 0.3) is 0 Å². The molecule has 4 atom stereocenters. The minimum absolute atomic E-state index is 0.115. The van der Waals surface area contributed by atoms with E-state index in [1.54, 1.807) is 27.7 Å². The van der Waals surface area contributed by atoms with Gasteiger partial charge in [-0.15, -0.1) is 0 Å². The second-order valence-corrected chi connectivity index (χ2v) is 15.3. The Hall–Kier alpha value is -4.43. The Bertz CT molecular complexity index is 1360. The number of amides is 7. The van der Waals surface area contributed by atoms with Crippen molar-refractivity contribution >= 4 is 41.4 Å². The molecule has 0 aromatic heterocycles. The smallest absolute Gasteiger partial charge is 0.246 e. The molecule has 0 aromatic carbocycles. The van der Waals surface area contributed by atoms with E-state index >= 15 is 0 Å². The highest BCUT2D eigenvalue weighted by Gasteiger charge is 2.26. The maximum atomic E-state index is 13.2. The zero-order valence-corrected chi connectivity index (χ0v) is 37.2. The van der Waals surface area contributed by atoms with Crippen molar-refractivity contribution in [1.29, 1.82) is 0 Å². The molecule has 0 radical (unpaired) electrons. The fourth-order valence-electron chi connectivity index (χ4n) is 5.10. The Morgan fingerprint density at radius 2 is 0.983 bits per heavy atom. The quantitative estimate of drug-likeness (QED) is 0.0300. The molecular weight excluding hydrogens is 780 g/mol. The van der Waals surface area contributed by atoms with Gasteiger partial charge in [-0.1, -0.05) is 40.9 Å². The Morgan fingerprint density at radius 3 is 1.53 bits per heavy atom. The zero-order valence-electron chi connectivity index (χ0n) is 37.2. The lowest BCUT2D eigenvalue weighted by molar-refractivity contribution is -0.131. The standard InChI is InChI=1S/C41H74N8O11/c1-27(2)22-33(48-40(55)32(10)47-36(51)26-60-21-19-57-16-14-44-38(53)30(7)8)24-46-31(9)39(54)49-34(23-28(3)4)41(56)45-15-17-58-18-20-59-25-35(50)42-12-11-13-43-37(52)29(5)6/h27-28,31-34,46H,5,7,11-26H2,1-4,6,8-10H3,(H,42,50)(H,43,52)(H,44,53)(H,45,56)(H,47,51)(H,48,55)(H,49,54). The van der Waals surface area contributed by atoms with Crippen molar-refractivity contribution in [2.24, 2.45) is 11.8 Å². The molecule has 0 aliphatic heterocycles. The summed E-state index contributed by atoms with van der Waals surface area (Å²) in [6.07, 6.45) is 1.59. The highest BCUT2D eigenvalue weighted by molar-refractivity contribution is 5.92. The van der Waals surface area contributed by atoms with Crippen LogP contribution in [0.5, 0.6) is 0 Å². The molecule has 19 heteroatoms. The van der Waals surface area contributed by atoms with E-state index in [1.807, 2.05) is 27.7 Å². The summed E-state index contributed by atoms with van der Waals surface area (Å²) in [6, 6.07) is -2.66. The summed E-state index contributed by atoms with van der Waals surface area (Å²) in [6.45, 7) is 24.0. The third-order valence-electron chi connectivity index (χ3n) is 8.30. The Labute approximate surface area is 356 Å². The minimum Gasteiger partial charge on any atom is -0.377 e. The van der Waals surface area contributed by atoms with E-state index in [1.165, 1.54) is 0 Å². The van der Waals surface area contributed by atoms with Crippen LogP contribution in [0.3, 0.4) is 0 Å². The van der Waals surface area contributed by atoms with E-state index in [0.29, 0.717) is 50.0 Å². The molecule has 0 spiro atoms. The Balaban J connectivity index is 4.58. The normalized spacial score (nSPS) is 13.0. The number of rotatable bonds is 35. The van der Waals surface area contributed by atoms with E-state index < -0.39 is 29.9 Å². The van der Waals surface area contributed by atoms with Crippen molar-refractivity contribution in [3.8, 4) is 0 Å². The lowest BCUT2D eigenvalue weighted by Gasteiger charge is -2.26. The maximum Gasteiger partial charge on any atom is 0.246 e. The van der Waals surface area contributed by atoms with Gasteiger partial charge in [-0.2, -0.15) is 0 Å². The third kappa shape index (κ3) is 29.7. The molecule has 0 saturated carbocycles. The van der Waals surface area contributed by atoms with Gasteiger partial charge in [0.05, 0.1) is 45.7 Å². The van der Waals surface area contributed by atoms with Crippen molar-refractivity contribution in [3.05, 3.63) is 24.3 Å². The molecule has 8 N–H and O–H groups in total. The largest absolute Gasteiger partial charge is 0.377 e. The van der Waals surface area contributed by atoms with E-state index in [0.717, 1.165) is 0 Å². The number of hydrogen-bond donors (Lipinski definition) is 8. The fourth-order valence-corrected chi connectivity index (χ4v) is 5.10. The predicted molar refractivity (Wildman–Crippen MR) is 227 cm³/mol. The molecule has 0 aromatic rings. The first-order chi connectivity index (χ1) is 28.3. The fraction of sp³-hybridized carbons (Fsp3) is 0.732. The highest BCUT2D eigenvalue weighted by atomic mass is 16.5. The molecule has 344 valence electrons. The van der Waals surface area contributed by atoms with Gasteiger partial charge < -0.3 is 61.5 Å². The monoisotopic (exact) mass is 855 g/mol. The lowest BCUT2D eigenvalue weighted by atomic mass is 10.0. The first kappa shape index (κ1) is 55.6. The molecule has 60 heavy (non-hydrogen) atoms. The summed E-state index contributed by atoms with van der Waals surface area (Å²) < 4.78 is 21.5. The first-order valence-corrected chi connectivity index (χ1v) is 20.7. The van der Waals surface area contributed by atoms with E-state index in [-0.39, 0.29) is 113 Å². The van der Waals surface area contributed by atoms with Gasteiger partial charge in [0, 0.05) is 49.9 Å². The zero-order chi connectivity index (χ0) is 45.5. The SMILES string of the molecule is C=C(C)C(=O)NCCCNC(=O)COCCOCCNC(=O)C(CC(C)C)NC(=O)C(C)NCC(CC(C)C)NC(=O)C(C)NC(=O)COCCOCCNC(=O)C(=C)C. The summed E-state index contributed by atoms with van der Waals surface area (Å²) in [7, 11) is 0. The van der Waals surface area contributed by atoms with Gasteiger partial charge in [0.25, 0.3) is 0 Å². The Kier molecular flexibility index (Phi) is 30.8. The molecule has 19 nitrogen and oxygen atoms in total. The topological polar surface area (TPSA) is 253 Å². The van der Waals surface area contributed by atoms with Crippen LogP contribution in [0.15, 0.2) is 24.3 Å². The molecule has 4 unspecified atom stereocenters. The van der Waals surface area contributed by atoms with Crippen molar-refractivity contribution in [3.63, 3.8) is 0 Å². The molecule has 7 amide bonds. The number of carbonyl (C=O) groups excluding carboxylic acids is 7. The van der Waals surface area contributed by atoms with Crippen molar-refractivity contribution in [2.45, 2.75) is 98.8 Å². The molecule has 0 aliphatic carbocycles. The number of nitrogens with one attached hydrogen (secondary N) is 8. The predicted octanol–water partition coefficient (Wildman–Crippen LogP) is -0.396. The summed E-state index contributed by atoms with van der Waals surface area (Å²) in [5.74, 6) is -2.00. The molecule has 0 bridgehead atoms. The summed E-state index contributed by atoms with van der Waals surface area (Å²) >= 11 is 0. The van der Waals surface area contributed by atoms with Crippen LogP contribution in [0, 0.1) is 11.8 Å². The molecule has 0 saturated heterocycles. The van der Waals surface area contributed by atoms with Gasteiger partial charge in [-0.25, -0.2) is 0 Å². The summed E-state index contributed by atoms with van der Waals surface area (Å²) in [4.78, 5) is 86.4. The van der Waals surface area contributed by atoms with Crippen LogP contribution in [-0.4, -0.2) is 151 Å². The first-order valence-electron chi connectivity index (χ1n) is 20.7. The van der Waals surface area contributed by atoms with E-state index in [9.17, 15) is 33.6 Å². The van der Waals surface area contributed by atoms with Crippen LogP contribution in [0.1, 0.15) is 74.7 Å². The Morgan fingerprint density at radius 1 is 0.500 bits per heavy atom. The number of carbonyl (C=O) groups is 7. The summed E-state index contributed by atoms with van der Waals surface area (Å²) in [5, 5.41) is 22.4. The average molecular weight is 855 g/mol. The van der Waals surface area contributed by atoms with Crippen LogP contribution >= 0.6 is 0 Å². The second kappa shape index (κ2) is 33.3. The maximum absolute atomic E-state index is 13.2. The molecule has 0 aliphatic rings. The molecule has 0 rings (SSSR count). The van der Waals surface area contributed by atoms with Crippen LogP contribution < -0.4 is 42.5 Å². The van der Waals surface area contributed by atoms with Gasteiger partial charge in [-0.3, -0.25) is 33.6 Å². The molecular formula is C41H74N8O11. The second-order valence-electron chi connectivity index (χ2n) is 15.3. The van der Waals surface area contributed by atoms with Crippen LogP contribution in [0.4, 0.5) is 0 Å². The van der Waals surface area contributed by atoms with E-state index in [4.69, 9.17) is 18.9 Å². The lowest BCUT2D eigenvalue weighted by Crippen LogP contribution is -2.55. The minimum atomic E-state index is -0.844. The van der Waals surface area contributed by atoms with Gasteiger partial charge in [-0.05, 0) is 58.8 Å². The van der Waals surface area contributed by atoms with Gasteiger partial charge in [0.2, 0.25) is 41.4 Å². The van der Waals surface area contributed by atoms with Crippen molar-refractivity contribution in [2.75, 3.05) is 85.6 Å². The average Bonchev–Trinajstić information content (AvgIpc) is 3.17. The van der Waals surface area contributed by atoms with E-state index in [2.05, 4.69) is 55.7 Å². The highest BCUT2D eigenvalue weighted by Crippen LogP contribution is 2.07. The van der Waals surface area contributed by atoms with Crippen LogP contribution in [-0.2, 0) is 52.5 Å². The van der Waals surface area contributed by atoms with Gasteiger partial charge >= 0.3 is 0 Å². The third-order valence-corrected chi connectivity index (χ3v) is 8.30. The molecule has 0 fully saturated rings. The number of ether oxygens (including phenoxy) is 4. The van der Waals surface area contributed by atoms with Crippen molar-refractivity contribution in [1.82, 2.24) is 42.5 Å². The molecule has 0 heterocycles. The number of hydrogen-bond acceptors (Lipinski definition) is 12. The summed E-state index contributed by atoms with van der Waals surface area (Å²) in [5.41, 5.74) is 0.830. The van der Waals surface area contributed by atoms with Crippen molar-refractivity contribution < 1.29 is 52.5 Å². The van der Waals surface area contributed by atoms with Gasteiger partial charge in [0.1, 0.15) is 25.3 Å². The van der Waals surface area contributed by atoms with Crippen LogP contribution in [0.2, 0.25) is 0 Å².